The van der Waals surface area contributed by atoms with Crippen molar-refractivity contribution in [2.45, 2.75) is 57.8 Å². The Labute approximate surface area is 116 Å². The van der Waals surface area contributed by atoms with Gasteiger partial charge in [-0.05, 0) is 56.5 Å². The van der Waals surface area contributed by atoms with Gasteiger partial charge in [0.15, 0.2) is 6.29 Å². The molecule has 0 atom stereocenters. The molecule has 0 N–H and O–H groups in total. The van der Waals surface area contributed by atoms with Crippen LogP contribution in [0.4, 0.5) is 0 Å². The van der Waals surface area contributed by atoms with Gasteiger partial charge < -0.3 is 4.74 Å². The molecule has 18 heavy (non-hydrogen) atoms. The molecule has 0 unspecified atom stereocenters. The number of aldehydes is 1. The number of aromatic nitrogens is 2. The molecule has 1 fully saturated rings. The van der Waals surface area contributed by atoms with Gasteiger partial charge in [0.05, 0.1) is 27.9 Å². The smallest absolute Gasteiger partial charge is 0.169 e. The lowest BCUT2D eigenvalue weighted by Gasteiger charge is -2.45. The van der Waals surface area contributed by atoms with E-state index in [0.717, 1.165) is 23.6 Å². The Kier molecular flexibility index (Phi) is 3.40. The van der Waals surface area contributed by atoms with E-state index in [-0.39, 0.29) is 17.2 Å². The van der Waals surface area contributed by atoms with Crippen LogP contribution in [0.1, 0.15) is 57.1 Å². The van der Waals surface area contributed by atoms with Crippen molar-refractivity contribution in [3.63, 3.8) is 0 Å². The summed E-state index contributed by atoms with van der Waals surface area (Å²) in [5.41, 5.74) is 0.198. The fourth-order valence-electron chi connectivity index (χ4n) is 2.96. The van der Waals surface area contributed by atoms with Gasteiger partial charge in [-0.1, -0.05) is 0 Å². The lowest BCUT2D eigenvalue weighted by molar-refractivity contribution is -0.170. The van der Waals surface area contributed by atoms with Crippen LogP contribution in [0.15, 0.2) is 10.7 Å². The Morgan fingerprint density at radius 2 is 1.94 bits per heavy atom. The van der Waals surface area contributed by atoms with E-state index in [4.69, 9.17) is 4.74 Å². The molecule has 0 bridgehead atoms. The van der Waals surface area contributed by atoms with Crippen molar-refractivity contribution in [3.8, 4) is 0 Å². The molecule has 100 valence electrons. The van der Waals surface area contributed by atoms with Crippen molar-refractivity contribution in [2.24, 2.45) is 0 Å². The zero-order valence-corrected chi connectivity index (χ0v) is 12.8. The first-order valence-corrected chi connectivity index (χ1v) is 6.92. The number of carbonyl (C=O) groups excluding carboxylic acids is 1. The first kappa shape index (κ1) is 13.7. The van der Waals surface area contributed by atoms with E-state index in [1.165, 1.54) is 0 Å². The van der Waals surface area contributed by atoms with E-state index in [0.29, 0.717) is 5.69 Å². The third-order valence-corrected chi connectivity index (χ3v) is 3.86. The maximum Gasteiger partial charge on any atom is 0.169 e. The van der Waals surface area contributed by atoms with Crippen LogP contribution in [0.25, 0.3) is 0 Å². The highest BCUT2D eigenvalue weighted by Gasteiger charge is 2.40. The summed E-state index contributed by atoms with van der Waals surface area (Å²) in [6.07, 6.45) is 4.24. The molecule has 0 aliphatic carbocycles. The highest BCUT2D eigenvalue weighted by Crippen LogP contribution is 2.41. The minimum atomic E-state index is -0.203. The maximum atomic E-state index is 11.2. The van der Waals surface area contributed by atoms with Crippen molar-refractivity contribution in [1.29, 1.82) is 0 Å². The molecular weight excluding hydrogens is 296 g/mol. The van der Waals surface area contributed by atoms with Crippen LogP contribution in [-0.4, -0.2) is 27.3 Å². The normalized spacial score (nSPS) is 22.9. The molecule has 2 rings (SSSR count). The van der Waals surface area contributed by atoms with Crippen LogP contribution in [0.5, 0.6) is 0 Å². The first-order chi connectivity index (χ1) is 8.24. The molecule has 0 aromatic carbocycles. The standard InChI is InChI=1S/C13H19BrN2O2/c1-12(2)5-9(6-13(3,4)18-12)16-11(8-17)10(14)7-15-16/h7-9H,5-6H2,1-4H3. The Bertz CT molecular complexity index is 450. The van der Waals surface area contributed by atoms with Crippen LogP contribution < -0.4 is 0 Å². The Morgan fingerprint density at radius 1 is 1.39 bits per heavy atom. The molecule has 1 aliphatic rings. The number of rotatable bonds is 2. The topological polar surface area (TPSA) is 44.1 Å². The fraction of sp³-hybridized carbons (Fsp3) is 0.692. The number of ether oxygens (including phenoxy) is 1. The van der Waals surface area contributed by atoms with Crippen LogP contribution in [0, 0.1) is 0 Å². The number of nitrogens with zero attached hydrogens (tertiary/aromatic N) is 2. The zero-order chi connectivity index (χ0) is 13.6. The van der Waals surface area contributed by atoms with E-state index in [1.54, 1.807) is 6.20 Å². The molecule has 1 aromatic rings. The summed E-state index contributed by atoms with van der Waals surface area (Å²) in [6.45, 7) is 8.33. The van der Waals surface area contributed by atoms with Crippen molar-refractivity contribution in [3.05, 3.63) is 16.4 Å². The Morgan fingerprint density at radius 3 is 2.44 bits per heavy atom. The van der Waals surface area contributed by atoms with Gasteiger partial charge in [-0.25, -0.2) is 0 Å². The van der Waals surface area contributed by atoms with E-state index >= 15 is 0 Å². The monoisotopic (exact) mass is 314 g/mol. The summed E-state index contributed by atoms with van der Waals surface area (Å²) >= 11 is 3.36. The average molecular weight is 315 g/mol. The molecule has 0 amide bonds. The number of carbonyl (C=O) groups is 1. The second kappa shape index (κ2) is 4.46. The van der Waals surface area contributed by atoms with E-state index in [2.05, 4.69) is 48.7 Å². The Hall–Kier alpha value is -0.680. The summed E-state index contributed by atoms with van der Waals surface area (Å²) in [6, 6.07) is 0.190. The van der Waals surface area contributed by atoms with Gasteiger partial charge in [0.1, 0.15) is 5.69 Å². The first-order valence-electron chi connectivity index (χ1n) is 6.12. The van der Waals surface area contributed by atoms with Crippen LogP contribution in [-0.2, 0) is 4.74 Å². The number of hydrogen-bond donors (Lipinski definition) is 0. The van der Waals surface area contributed by atoms with Crippen molar-refractivity contribution in [2.75, 3.05) is 0 Å². The summed E-state index contributed by atoms with van der Waals surface area (Å²) < 4.78 is 8.62. The molecule has 4 nitrogen and oxygen atoms in total. The lowest BCUT2D eigenvalue weighted by Crippen LogP contribution is -2.46. The third-order valence-electron chi connectivity index (χ3n) is 3.25. The average Bonchev–Trinajstić information content (AvgIpc) is 2.54. The second-order valence-corrected chi connectivity index (χ2v) is 6.98. The van der Waals surface area contributed by atoms with Gasteiger partial charge in [0.25, 0.3) is 0 Å². The van der Waals surface area contributed by atoms with Gasteiger partial charge in [-0.3, -0.25) is 9.48 Å². The molecular formula is C13H19BrN2O2. The quantitative estimate of drug-likeness (QED) is 0.786. The lowest BCUT2D eigenvalue weighted by atomic mass is 9.85. The molecule has 1 saturated heterocycles. The zero-order valence-electron chi connectivity index (χ0n) is 11.2. The van der Waals surface area contributed by atoms with Crippen LogP contribution >= 0.6 is 15.9 Å². The van der Waals surface area contributed by atoms with Gasteiger partial charge in [-0.2, -0.15) is 5.10 Å². The Balaban J connectivity index is 2.35. The van der Waals surface area contributed by atoms with E-state index in [1.807, 2.05) is 4.68 Å². The molecule has 0 spiro atoms. The molecule has 1 aromatic heterocycles. The fourth-order valence-corrected chi connectivity index (χ4v) is 3.33. The summed E-state index contributed by atoms with van der Waals surface area (Å²) in [5.74, 6) is 0. The minimum absolute atomic E-state index is 0.190. The van der Waals surface area contributed by atoms with Gasteiger partial charge in [-0.15, -0.1) is 0 Å². The van der Waals surface area contributed by atoms with Crippen molar-refractivity contribution < 1.29 is 9.53 Å². The highest BCUT2D eigenvalue weighted by molar-refractivity contribution is 9.10. The SMILES string of the molecule is CC1(C)CC(n2ncc(Br)c2C=O)CC(C)(C)O1. The third kappa shape index (κ3) is 2.67. The maximum absolute atomic E-state index is 11.2. The number of halogens is 1. The van der Waals surface area contributed by atoms with Gasteiger partial charge in [0, 0.05) is 0 Å². The summed E-state index contributed by atoms with van der Waals surface area (Å²) in [5, 5.41) is 4.32. The van der Waals surface area contributed by atoms with Gasteiger partial charge >= 0.3 is 0 Å². The largest absolute Gasteiger partial charge is 0.370 e. The van der Waals surface area contributed by atoms with Crippen molar-refractivity contribution >= 4 is 22.2 Å². The predicted molar refractivity (Wildman–Crippen MR) is 72.8 cm³/mol. The molecule has 1 aliphatic heterocycles. The second-order valence-electron chi connectivity index (χ2n) is 6.12. The molecule has 5 heteroatoms. The molecule has 0 radical (unpaired) electrons. The predicted octanol–water partition coefficient (Wildman–Crippen LogP) is 3.37. The summed E-state index contributed by atoms with van der Waals surface area (Å²) in [7, 11) is 0. The highest BCUT2D eigenvalue weighted by atomic mass is 79.9. The van der Waals surface area contributed by atoms with Crippen LogP contribution in [0.2, 0.25) is 0 Å². The van der Waals surface area contributed by atoms with Gasteiger partial charge in [0.2, 0.25) is 0 Å². The minimum Gasteiger partial charge on any atom is -0.370 e. The molecule has 2 heterocycles. The van der Waals surface area contributed by atoms with Crippen molar-refractivity contribution in [1.82, 2.24) is 9.78 Å². The number of hydrogen-bond acceptors (Lipinski definition) is 3. The van der Waals surface area contributed by atoms with E-state index < -0.39 is 0 Å². The van der Waals surface area contributed by atoms with E-state index in [9.17, 15) is 4.79 Å². The summed E-state index contributed by atoms with van der Waals surface area (Å²) in [4.78, 5) is 11.2. The van der Waals surface area contributed by atoms with Crippen LogP contribution in [0.3, 0.4) is 0 Å². The molecule has 0 saturated carbocycles.